The zero-order valence-corrected chi connectivity index (χ0v) is 16.0. The summed E-state index contributed by atoms with van der Waals surface area (Å²) in [6.07, 6.45) is 1.27. The average Bonchev–Trinajstić information content (AvgIpc) is 3.02. The fraction of sp³-hybridized carbons (Fsp3) is 0.263. The van der Waals surface area contributed by atoms with Gasteiger partial charge in [0.25, 0.3) is 5.56 Å². The predicted molar refractivity (Wildman–Crippen MR) is 102 cm³/mol. The topological polar surface area (TPSA) is 87.5 Å². The lowest BCUT2D eigenvalue weighted by molar-refractivity contribution is 0.0393. The smallest absolute Gasteiger partial charge is 0.348 e. The van der Waals surface area contributed by atoms with Gasteiger partial charge in [-0.05, 0) is 36.8 Å². The van der Waals surface area contributed by atoms with Crippen LogP contribution in [-0.2, 0) is 16.0 Å². The van der Waals surface area contributed by atoms with Gasteiger partial charge in [0, 0.05) is 12.7 Å². The molecule has 0 atom stereocenters. The Hall–Kier alpha value is -2.91. The van der Waals surface area contributed by atoms with E-state index in [1.807, 2.05) is 0 Å². The van der Waals surface area contributed by atoms with Crippen molar-refractivity contribution >= 4 is 33.3 Å². The molecule has 0 aliphatic carbocycles. The minimum atomic E-state index is -0.550. The normalized spacial score (nSPS) is 11.0. The van der Waals surface area contributed by atoms with Gasteiger partial charge in [0.2, 0.25) is 0 Å². The third-order valence-electron chi connectivity index (χ3n) is 4.10. The SMILES string of the molecule is COCCOC(=O)c1sc2ncn(CC(=O)c3ccc(F)cc3)c(=O)c2c1C. The Bertz CT molecular complexity index is 1090. The molecule has 1 aromatic carbocycles. The number of nitrogens with zero attached hydrogens (tertiary/aromatic N) is 2. The van der Waals surface area contributed by atoms with Gasteiger partial charge in [-0.2, -0.15) is 0 Å². The molecule has 0 radical (unpaired) electrons. The van der Waals surface area contributed by atoms with Crippen LogP contribution in [-0.4, -0.2) is 41.6 Å². The molecule has 28 heavy (non-hydrogen) atoms. The van der Waals surface area contributed by atoms with Crippen molar-refractivity contribution < 1.29 is 23.5 Å². The van der Waals surface area contributed by atoms with E-state index in [4.69, 9.17) is 9.47 Å². The second kappa shape index (κ2) is 8.41. The number of halogens is 1. The van der Waals surface area contributed by atoms with E-state index in [1.165, 1.54) is 42.3 Å². The van der Waals surface area contributed by atoms with Crippen molar-refractivity contribution in [1.29, 1.82) is 0 Å². The summed E-state index contributed by atoms with van der Waals surface area (Å²) in [4.78, 5) is 42.3. The fourth-order valence-corrected chi connectivity index (χ4v) is 3.66. The first-order valence-electron chi connectivity index (χ1n) is 8.35. The fourth-order valence-electron chi connectivity index (χ4n) is 2.63. The summed E-state index contributed by atoms with van der Waals surface area (Å²) in [5.41, 5.74) is 0.325. The monoisotopic (exact) mass is 404 g/mol. The maximum atomic E-state index is 13.0. The van der Waals surface area contributed by atoms with Crippen LogP contribution in [0.2, 0.25) is 0 Å². The molecule has 0 fully saturated rings. The molecule has 0 aliphatic rings. The lowest BCUT2D eigenvalue weighted by Crippen LogP contribution is -2.24. The number of esters is 1. The molecular formula is C19H17FN2O5S. The van der Waals surface area contributed by atoms with E-state index >= 15 is 0 Å². The molecule has 0 saturated heterocycles. The van der Waals surface area contributed by atoms with Crippen LogP contribution in [0.1, 0.15) is 25.6 Å². The Kier molecular flexibility index (Phi) is 5.96. The summed E-state index contributed by atoms with van der Waals surface area (Å²) in [6, 6.07) is 5.08. The number of hydrogen-bond acceptors (Lipinski definition) is 7. The van der Waals surface area contributed by atoms with E-state index < -0.39 is 17.3 Å². The highest BCUT2D eigenvalue weighted by Gasteiger charge is 2.21. The van der Waals surface area contributed by atoms with E-state index in [0.717, 1.165) is 11.3 Å². The van der Waals surface area contributed by atoms with Gasteiger partial charge in [0.1, 0.15) is 22.1 Å². The summed E-state index contributed by atoms with van der Waals surface area (Å²) in [7, 11) is 1.50. The largest absolute Gasteiger partial charge is 0.459 e. The molecule has 0 amide bonds. The Labute approximate surface area is 163 Å². The first-order chi connectivity index (χ1) is 13.4. The average molecular weight is 404 g/mol. The van der Waals surface area contributed by atoms with Gasteiger partial charge in [-0.1, -0.05) is 0 Å². The molecule has 0 aliphatic heterocycles. The van der Waals surface area contributed by atoms with Crippen LogP contribution in [0.25, 0.3) is 10.2 Å². The molecule has 7 nitrogen and oxygen atoms in total. The van der Waals surface area contributed by atoms with Crippen molar-refractivity contribution in [3.8, 4) is 0 Å². The minimum absolute atomic E-state index is 0.104. The molecule has 146 valence electrons. The van der Waals surface area contributed by atoms with Gasteiger partial charge in [0.05, 0.1) is 24.9 Å². The molecule has 0 saturated carbocycles. The van der Waals surface area contributed by atoms with Crippen LogP contribution < -0.4 is 5.56 Å². The molecule has 9 heteroatoms. The van der Waals surface area contributed by atoms with Gasteiger partial charge in [0.15, 0.2) is 5.78 Å². The van der Waals surface area contributed by atoms with Crippen LogP contribution in [0.3, 0.4) is 0 Å². The van der Waals surface area contributed by atoms with Gasteiger partial charge in [-0.25, -0.2) is 14.2 Å². The van der Waals surface area contributed by atoms with Crippen molar-refractivity contribution in [1.82, 2.24) is 9.55 Å². The van der Waals surface area contributed by atoms with Crippen LogP contribution in [0.5, 0.6) is 0 Å². The first-order valence-corrected chi connectivity index (χ1v) is 9.17. The highest BCUT2D eigenvalue weighted by molar-refractivity contribution is 7.20. The molecule has 0 bridgehead atoms. The van der Waals surface area contributed by atoms with Crippen molar-refractivity contribution in [2.45, 2.75) is 13.5 Å². The van der Waals surface area contributed by atoms with Crippen molar-refractivity contribution in [3.63, 3.8) is 0 Å². The van der Waals surface area contributed by atoms with E-state index in [-0.39, 0.29) is 36.5 Å². The standard InChI is InChI=1S/C19H17FN2O5S/c1-11-15-17(28-16(11)19(25)27-8-7-26-2)21-10-22(18(15)24)9-14(23)12-3-5-13(20)6-4-12/h3-6,10H,7-9H2,1-2H3. The highest BCUT2D eigenvalue weighted by Crippen LogP contribution is 2.27. The number of benzene rings is 1. The second-order valence-electron chi connectivity index (χ2n) is 5.97. The van der Waals surface area contributed by atoms with Crippen LogP contribution in [0, 0.1) is 12.7 Å². The van der Waals surface area contributed by atoms with Crippen LogP contribution in [0.4, 0.5) is 4.39 Å². The number of fused-ring (bicyclic) bond motifs is 1. The number of carbonyl (C=O) groups excluding carboxylic acids is 2. The van der Waals surface area contributed by atoms with Crippen LogP contribution >= 0.6 is 11.3 Å². The number of methoxy groups -OCH3 is 1. The number of hydrogen-bond donors (Lipinski definition) is 0. The van der Waals surface area contributed by atoms with Crippen molar-refractivity contribution in [2.75, 3.05) is 20.3 Å². The Morgan fingerprint density at radius 3 is 2.61 bits per heavy atom. The summed E-state index contributed by atoms with van der Waals surface area (Å²) in [6.45, 7) is 1.77. The maximum Gasteiger partial charge on any atom is 0.348 e. The number of rotatable bonds is 7. The third kappa shape index (κ3) is 4.00. The Balaban J connectivity index is 1.89. The Morgan fingerprint density at radius 1 is 1.21 bits per heavy atom. The number of ketones is 1. The quantitative estimate of drug-likeness (QED) is 0.342. The zero-order chi connectivity index (χ0) is 20.3. The van der Waals surface area contributed by atoms with E-state index in [2.05, 4.69) is 4.98 Å². The lowest BCUT2D eigenvalue weighted by atomic mass is 10.1. The summed E-state index contributed by atoms with van der Waals surface area (Å²) in [5.74, 6) is -1.35. The molecule has 3 aromatic rings. The van der Waals surface area contributed by atoms with E-state index in [0.29, 0.717) is 15.3 Å². The predicted octanol–water partition coefficient (Wildman–Crippen LogP) is 2.59. The number of aromatic nitrogens is 2. The molecule has 0 N–H and O–H groups in total. The minimum Gasteiger partial charge on any atom is -0.459 e. The lowest BCUT2D eigenvalue weighted by Gasteiger charge is -2.05. The second-order valence-corrected chi connectivity index (χ2v) is 6.97. The summed E-state index contributed by atoms with van der Waals surface area (Å²) >= 11 is 1.06. The molecular weight excluding hydrogens is 387 g/mol. The van der Waals surface area contributed by atoms with Gasteiger partial charge < -0.3 is 9.47 Å². The molecule has 2 heterocycles. The van der Waals surface area contributed by atoms with E-state index in [9.17, 15) is 18.8 Å². The Morgan fingerprint density at radius 2 is 1.93 bits per heavy atom. The maximum absolute atomic E-state index is 13.0. The highest BCUT2D eigenvalue weighted by atomic mass is 32.1. The first kappa shape index (κ1) is 19.8. The zero-order valence-electron chi connectivity index (χ0n) is 15.2. The van der Waals surface area contributed by atoms with Gasteiger partial charge in [-0.15, -0.1) is 11.3 Å². The number of Topliss-reactive ketones (excluding diaryl/α,β-unsaturated/α-hetero) is 1. The van der Waals surface area contributed by atoms with Gasteiger partial charge in [-0.3, -0.25) is 14.2 Å². The number of thiophene rings is 1. The third-order valence-corrected chi connectivity index (χ3v) is 5.28. The number of carbonyl (C=O) groups is 2. The number of ether oxygens (including phenoxy) is 2. The van der Waals surface area contributed by atoms with E-state index in [1.54, 1.807) is 6.92 Å². The molecule has 3 rings (SSSR count). The van der Waals surface area contributed by atoms with Crippen molar-refractivity contribution in [2.24, 2.45) is 0 Å². The molecule has 0 spiro atoms. The van der Waals surface area contributed by atoms with Crippen LogP contribution in [0.15, 0.2) is 35.4 Å². The summed E-state index contributed by atoms with van der Waals surface area (Å²) in [5, 5.41) is 0.276. The van der Waals surface area contributed by atoms with Crippen molar-refractivity contribution in [3.05, 3.63) is 62.8 Å². The summed E-state index contributed by atoms with van der Waals surface area (Å²) < 4.78 is 24.1. The molecule has 0 unspecified atom stereocenters. The van der Waals surface area contributed by atoms with Gasteiger partial charge >= 0.3 is 5.97 Å². The number of aryl methyl sites for hydroxylation is 1. The molecule has 2 aromatic heterocycles.